The van der Waals surface area contributed by atoms with Crippen LogP contribution in [-0.2, 0) is 9.37 Å². The normalized spacial score (nSPS) is 10.8. The maximum Gasteiger partial charge on any atom is 0.0674 e. The molecule has 0 aliphatic heterocycles. The Labute approximate surface area is 120 Å². The van der Waals surface area contributed by atoms with Crippen LogP contribution in [0.5, 0.6) is 0 Å². The van der Waals surface area contributed by atoms with Crippen molar-refractivity contribution < 1.29 is 14.6 Å². The predicted molar refractivity (Wildman–Crippen MR) is 77.4 cm³/mol. The number of hydrogen-bond acceptors (Lipinski definition) is 4. The molecular formula is C16H11O3S-. The minimum Gasteiger partial charge on any atom is -0.691 e. The van der Waals surface area contributed by atoms with E-state index in [9.17, 15) is 5.26 Å². The Balaban J connectivity index is 2.12. The van der Waals surface area contributed by atoms with Gasteiger partial charge < -0.3 is 5.26 Å². The van der Waals surface area contributed by atoms with Crippen LogP contribution in [0.3, 0.4) is 0 Å². The molecule has 0 fully saturated rings. The largest absolute Gasteiger partial charge is 0.691 e. The molecule has 4 heteroatoms. The molecule has 0 saturated carbocycles. The van der Waals surface area contributed by atoms with E-state index >= 15 is 0 Å². The lowest BCUT2D eigenvalue weighted by molar-refractivity contribution is -0.777. The quantitative estimate of drug-likeness (QED) is 0.415. The van der Waals surface area contributed by atoms with Crippen LogP contribution in [0.1, 0.15) is 0 Å². The molecule has 20 heavy (non-hydrogen) atoms. The van der Waals surface area contributed by atoms with E-state index in [-0.39, 0.29) is 0 Å². The molecule has 0 bridgehead atoms. The van der Waals surface area contributed by atoms with Crippen LogP contribution >= 0.6 is 12.0 Å². The van der Waals surface area contributed by atoms with E-state index < -0.39 is 0 Å². The van der Waals surface area contributed by atoms with Crippen molar-refractivity contribution in [1.82, 2.24) is 0 Å². The molecule has 3 aromatic rings. The average molecular weight is 283 g/mol. The smallest absolute Gasteiger partial charge is 0.0674 e. The first kappa shape index (κ1) is 13.1. The van der Waals surface area contributed by atoms with E-state index in [0.717, 1.165) is 38.8 Å². The van der Waals surface area contributed by atoms with Gasteiger partial charge in [-0.25, -0.2) is 0 Å². The summed E-state index contributed by atoms with van der Waals surface area (Å²) in [6, 6.07) is 22.2. The van der Waals surface area contributed by atoms with Gasteiger partial charge in [0.15, 0.2) is 0 Å². The van der Waals surface area contributed by atoms with Crippen molar-refractivity contribution in [3.63, 3.8) is 0 Å². The van der Waals surface area contributed by atoms with Gasteiger partial charge in [-0.2, -0.15) is 4.33 Å². The molecule has 100 valence electrons. The Bertz CT molecular complexity index is 713. The molecule has 0 N–H and O–H groups in total. The monoisotopic (exact) mass is 283 g/mol. The zero-order chi connectivity index (χ0) is 13.8. The third kappa shape index (κ3) is 2.69. The van der Waals surface area contributed by atoms with Crippen LogP contribution in [0.25, 0.3) is 21.9 Å². The Morgan fingerprint density at radius 2 is 1.70 bits per heavy atom. The van der Waals surface area contributed by atoms with Gasteiger partial charge in [-0.05, 0) is 34.0 Å². The van der Waals surface area contributed by atoms with Crippen LogP contribution in [0, 0.1) is 0 Å². The standard InChI is InChI=1S/C16H12O3S/c17-18-19-20-14-10-9-13-7-4-8-15(16(13)11-14)12-5-2-1-3-6-12/h1-11,17H/p-1. The topological polar surface area (TPSA) is 41.5 Å². The minimum atomic E-state index is 0.816. The first-order chi connectivity index (χ1) is 9.88. The molecule has 0 atom stereocenters. The third-order valence-electron chi connectivity index (χ3n) is 3.10. The van der Waals surface area contributed by atoms with Crippen LogP contribution < -0.4 is 5.26 Å². The number of hydrogen-bond donors (Lipinski definition) is 0. The summed E-state index contributed by atoms with van der Waals surface area (Å²) < 4.78 is 4.38. The fourth-order valence-corrected chi connectivity index (χ4v) is 2.62. The van der Waals surface area contributed by atoms with Gasteiger partial charge in [-0.1, -0.05) is 54.6 Å². The summed E-state index contributed by atoms with van der Waals surface area (Å²) in [5.41, 5.74) is 2.30. The van der Waals surface area contributed by atoms with Gasteiger partial charge in [0.2, 0.25) is 0 Å². The van der Waals surface area contributed by atoms with Crippen molar-refractivity contribution in [1.29, 1.82) is 0 Å². The van der Waals surface area contributed by atoms with Gasteiger partial charge in [0.05, 0.1) is 12.0 Å². The second kappa shape index (κ2) is 6.07. The summed E-state index contributed by atoms with van der Waals surface area (Å²) in [6.45, 7) is 0. The Kier molecular flexibility index (Phi) is 3.99. The van der Waals surface area contributed by atoms with Crippen LogP contribution in [0.2, 0.25) is 0 Å². The molecule has 0 aliphatic rings. The van der Waals surface area contributed by atoms with Gasteiger partial charge in [0.1, 0.15) is 0 Å². The molecule has 0 spiro atoms. The summed E-state index contributed by atoms with van der Waals surface area (Å²) in [7, 11) is 0. The first-order valence-electron chi connectivity index (χ1n) is 6.10. The zero-order valence-electron chi connectivity index (χ0n) is 10.5. The molecule has 0 radical (unpaired) electrons. The van der Waals surface area contributed by atoms with Crippen molar-refractivity contribution in [3.8, 4) is 11.1 Å². The average Bonchev–Trinajstić information content (AvgIpc) is 2.53. The van der Waals surface area contributed by atoms with Gasteiger partial charge in [0.25, 0.3) is 0 Å². The molecule has 3 aromatic carbocycles. The summed E-state index contributed by atoms with van der Waals surface area (Å²) >= 11 is 0.904. The highest BCUT2D eigenvalue weighted by molar-refractivity contribution is 7.94. The van der Waals surface area contributed by atoms with E-state index in [1.54, 1.807) is 0 Å². The lowest BCUT2D eigenvalue weighted by Crippen LogP contribution is -2.00. The van der Waals surface area contributed by atoms with Gasteiger partial charge in [-0.15, -0.1) is 0 Å². The molecule has 0 aromatic heterocycles. The molecule has 0 amide bonds. The Morgan fingerprint density at radius 3 is 2.50 bits per heavy atom. The molecule has 0 unspecified atom stereocenters. The van der Waals surface area contributed by atoms with E-state index in [1.807, 2.05) is 42.5 Å². The minimum absolute atomic E-state index is 0.816. The lowest BCUT2D eigenvalue weighted by atomic mass is 9.98. The number of benzene rings is 3. The highest BCUT2D eigenvalue weighted by atomic mass is 32.2. The number of fused-ring (bicyclic) bond motifs is 1. The fraction of sp³-hybridized carbons (Fsp3) is 0. The zero-order valence-corrected chi connectivity index (χ0v) is 11.3. The van der Waals surface area contributed by atoms with Crippen molar-refractivity contribution in [3.05, 3.63) is 66.7 Å². The number of rotatable bonds is 4. The third-order valence-corrected chi connectivity index (χ3v) is 3.67. The molecule has 0 saturated heterocycles. The summed E-state index contributed by atoms with van der Waals surface area (Å²) in [5, 5.41) is 15.5. The second-order valence-electron chi connectivity index (χ2n) is 4.27. The van der Waals surface area contributed by atoms with Crippen LogP contribution in [0.15, 0.2) is 71.6 Å². The van der Waals surface area contributed by atoms with E-state index in [4.69, 9.17) is 0 Å². The molecule has 0 aliphatic carbocycles. The summed E-state index contributed by atoms with van der Waals surface area (Å²) in [4.78, 5) is 0.816. The van der Waals surface area contributed by atoms with E-state index in [0.29, 0.717) is 0 Å². The van der Waals surface area contributed by atoms with Crippen LogP contribution in [-0.4, -0.2) is 0 Å². The van der Waals surface area contributed by atoms with Crippen molar-refractivity contribution >= 4 is 22.8 Å². The lowest BCUT2D eigenvalue weighted by Gasteiger charge is -2.09. The van der Waals surface area contributed by atoms with Gasteiger partial charge >= 0.3 is 0 Å². The Morgan fingerprint density at radius 1 is 0.850 bits per heavy atom. The van der Waals surface area contributed by atoms with Crippen molar-refractivity contribution in [2.24, 2.45) is 0 Å². The van der Waals surface area contributed by atoms with Crippen molar-refractivity contribution in [2.75, 3.05) is 0 Å². The molecular weight excluding hydrogens is 272 g/mol. The molecule has 0 heterocycles. The maximum absolute atomic E-state index is 9.91. The first-order valence-corrected chi connectivity index (χ1v) is 6.84. The van der Waals surface area contributed by atoms with E-state index in [2.05, 4.69) is 33.6 Å². The van der Waals surface area contributed by atoms with Crippen LogP contribution in [0.4, 0.5) is 0 Å². The molecule has 3 nitrogen and oxygen atoms in total. The predicted octanol–water partition coefficient (Wildman–Crippen LogP) is 3.74. The second-order valence-corrected chi connectivity index (χ2v) is 5.05. The summed E-state index contributed by atoms with van der Waals surface area (Å²) in [6.07, 6.45) is 0. The molecule has 3 rings (SSSR count). The highest BCUT2D eigenvalue weighted by Crippen LogP contribution is 2.31. The van der Waals surface area contributed by atoms with Crippen molar-refractivity contribution in [2.45, 2.75) is 4.90 Å². The van der Waals surface area contributed by atoms with Gasteiger partial charge in [-0.3, -0.25) is 5.04 Å². The fourth-order valence-electron chi connectivity index (χ4n) is 2.23. The summed E-state index contributed by atoms with van der Waals surface area (Å²) in [5.74, 6) is 0. The van der Waals surface area contributed by atoms with E-state index in [1.165, 1.54) is 0 Å². The SMILES string of the molecule is [O-]OOSc1ccc2cccc(-c3ccccc3)c2c1. The Hall–Kier alpha value is -1.85. The highest BCUT2D eigenvalue weighted by Gasteiger charge is 2.05. The van der Waals surface area contributed by atoms with Gasteiger partial charge in [0, 0.05) is 4.90 Å². The maximum atomic E-state index is 9.91.